The topological polar surface area (TPSA) is 58.0 Å². The Hall–Kier alpha value is -2.01. The molecule has 0 atom stereocenters. The van der Waals surface area contributed by atoms with Gasteiger partial charge >= 0.3 is 0 Å². The van der Waals surface area contributed by atoms with Crippen molar-refractivity contribution in [2.24, 2.45) is 0 Å². The first-order valence-electron chi connectivity index (χ1n) is 5.78. The number of anilines is 1. The van der Waals surface area contributed by atoms with Gasteiger partial charge in [0.25, 0.3) is 5.91 Å². The summed E-state index contributed by atoms with van der Waals surface area (Å²) in [5, 5.41) is 3.87. The lowest BCUT2D eigenvalue weighted by atomic mass is 10.2. The first kappa shape index (κ1) is 12.0. The van der Waals surface area contributed by atoms with Gasteiger partial charge in [-0.2, -0.15) is 0 Å². The fraction of sp³-hybridized carbons (Fsp3) is 0.0714. The lowest BCUT2D eigenvalue weighted by Crippen LogP contribution is -2.10. The van der Waals surface area contributed by atoms with E-state index < -0.39 is 0 Å². The molecule has 0 radical (unpaired) electrons. The van der Waals surface area contributed by atoms with E-state index in [2.05, 4.69) is 26.2 Å². The van der Waals surface area contributed by atoms with Crippen LogP contribution in [0.4, 0.5) is 5.69 Å². The van der Waals surface area contributed by atoms with Gasteiger partial charge in [-0.05, 0) is 59.3 Å². The number of nitrogens with one attached hydrogen (secondary N) is 2. The number of carbonyl (C=O) groups is 1. The van der Waals surface area contributed by atoms with Crippen LogP contribution in [-0.4, -0.2) is 10.9 Å². The zero-order valence-corrected chi connectivity index (χ0v) is 11.7. The molecule has 0 saturated heterocycles. The van der Waals surface area contributed by atoms with Gasteiger partial charge in [0.15, 0.2) is 10.4 Å². The van der Waals surface area contributed by atoms with Crippen molar-refractivity contribution in [3.8, 4) is 0 Å². The number of carbonyl (C=O) groups excluding carboxylic acids is 1. The number of rotatable bonds is 2. The Labute approximate surface area is 117 Å². The molecule has 0 aliphatic heterocycles. The maximum Gasteiger partial charge on any atom is 0.291 e. The van der Waals surface area contributed by atoms with E-state index in [4.69, 9.17) is 4.42 Å². The van der Waals surface area contributed by atoms with Crippen molar-refractivity contribution in [3.05, 3.63) is 52.5 Å². The van der Waals surface area contributed by atoms with E-state index in [1.54, 1.807) is 12.1 Å². The second-order valence-electron chi connectivity index (χ2n) is 4.31. The molecule has 0 aliphatic rings. The number of aromatic nitrogens is 1. The molecular formula is C14H11BrN2O2. The second kappa shape index (κ2) is 4.59. The highest BCUT2D eigenvalue weighted by molar-refractivity contribution is 9.10. The highest BCUT2D eigenvalue weighted by atomic mass is 79.9. The van der Waals surface area contributed by atoms with Crippen LogP contribution in [0.3, 0.4) is 0 Å². The average Bonchev–Trinajstić information content (AvgIpc) is 2.93. The minimum absolute atomic E-state index is 0.266. The number of hydrogen-bond acceptors (Lipinski definition) is 2. The number of halogens is 1. The summed E-state index contributed by atoms with van der Waals surface area (Å²) in [4.78, 5) is 15.2. The highest BCUT2D eigenvalue weighted by Crippen LogP contribution is 2.21. The van der Waals surface area contributed by atoms with E-state index in [-0.39, 0.29) is 11.7 Å². The van der Waals surface area contributed by atoms with Gasteiger partial charge in [0.05, 0.1) is 0 Å². The smallest absolute Gasteiger partial charge is 0.291 e. The molecule has 3 aromatic rings. The summed E-state index contributed by atoms with van der Waals surface area (Å²) < 4.78 is 5.74. The van der Waals surface area contributed by atoms with Crippen LogP contribution >= 0.6 is 15.9 Å². The van der Waals surface area contributed by atoms with Gasteiger partial charge in [0, 0.05) is 22.3 Å². The molecule has 5 heteroatoms. The maximum atomic E-state index is 11.9. The van der Waals surface area contributed by atoms with Crippen molar-refractivity contribution < 1.29 is 9.21 Å². The van der Waals surface area contributed by atoms with Crippen molar-refractivity contribution in [2.75, 3.05) is 5.32 Å². The Kier molecular flexibility index (Phi) is 2.91. The zero-order chi connectivity index (χ0) is 13.4. The average molecular weight is 319 g/mol. The molecule has 3 rings (SSSR count). The summed E-state index contributed by atoms with van der Waals surface area (Å²) in [5.74, 6) is 0.00882. The van der Waals surface area contributed by atoms with Crippen LogP contribution in [0.5, 0.6) is 0 Å². The van der Waals surface area contributed by atoms with E-state index in [1.165, 1.54) is 0 Å². The third-order valence-corrected chi connectivity index (χ3v) is 3.24. The van der Waals surface area contributed by atoms with Gasteiger partial charge in [-0.3, -0.25) is 4.79 Å². The number of amides is 1. The predicted octanol–water partition coefficient (Wildman–Crippen LogP) is 4.08. The van der Waals surface area contributed by atoms with Crippen molar-refractivity contribution in [1.82, 2.24) is 4.98 Å². The number of furan rings is 1. The number of aromatic amines is 1. The molecule has 19 heavy (non-hydrogen) atoms. The molecule has 0 fully saturated rings. The van der Waals surface area contributed by atoms with Crippen LogP contribution in [0.15, 0.2) is 45.5 Å². The molecule has 0 saturated carbocycles. The Morgan fingerprint density at radius 2 is 2.11 bits per heavy atom. The molecule has 1 amide bonds. The summed E-state index contributed by atoms with van der Waals surface area (Å²) in [6.07, 6.45) is 0. The number of benzene rings is 1. The van der Waals surface area contributed by atoms with E-state index in [0.29, 0.717) is 4.67 Å². The summed E-state index contributed by atoms with van der Waals surface area (Å²) >= 11 is 3.17. The molecule has 1 aromatic carbocycles. The molecule has 4 nitrogen and oxygen atoms in total. The zero-order valence-electron chi connectivity index (χ0n) is 10.2. The largest absolute Gasteiger partial charge is 0.444 e. The molecule has 2 aromatic heterocycles. The monoisotopic (exact) mass is 318 g/mol. The van der Waals surface area contributed by atoms with Gasteiger partial charge in [-0.25, -0.2) is 0 Å². The fourth-order valence-electron chi connectivity index (χ4n) is 1.98. The van der Waals surface area contributed by atoms with E-state index in [0.717, 1.165) is 22.3 Å². The minimum atomic E-state index is -0.266. The summed E-state index contributed by atoms with van der Waals surface area (Å²) in [6, 6.07) is 11.1. The van der Waals surface area contributed by atoms with Gasteiger partial charge < -0.3 is 14.7 Å². The first-order chi connectivity index (χ1) is 9.11. The molecule has 2 N–H and O–H groups in total. The van der Waals surface area contributed by atoms with Crippen LogP contribution in [-0.2, 0) is 0 Å². The van der Waals surface area contributed by atoms with Crippen molar-refractivity contribution >= 4 is 38.4 Å². The van der Waals surface area contributed by atoms with Gasteiger partial charge in [-0.15, -0.1) is 0 Å². The van der Waals surface area contributed by atoms with Gasteiger partial charge in [-0.1, -0.05) is 0 Å². The Balaban J connectivity index is 1.86. The van der Waals surface area contributed by atoms with Crippen LogP contribution < -0.4 is 5.32 Å². The number of aryl methyl sites for hydroxylation is 1. The van der Waals surface area contributed by atoms with Crippen LogP contribution in [0, 0.1) is 6.92 Å². The van der Waals surface area contributed by atoms with Gasteiger partial charge in [0.2, 0.25) is 0 Å². The van der Waals surface area contributed by atoms with Crippen LogP contribution in [0.25, 0.3) is 10.9 Å². The predicted molar refractivity (Wildman–Crippen MR) is 77.4 cm³/mol. The molecular weight excluding hydrogens is 308 g/mol. The molecule has 0 aliphatic carbocycles. The maximum absolute atomic E-state index is 11.9. The number of H-pyrrole nitrogens is 1. The van der Waals surface area contributed by atoms with Crippen LogP contribution in [0.2, 0.25) is 0 Å². The quantitative estimate of drug-likeness (QED) is 0.747. The van der Waals surface area contributed by atoms with Crippen molar-refractivity contribution in [3.63, 3.8) is 0 Å². The molecule has 0 spiro atoms. The van der Waals surface area contributed by atoms with Crippen molar-refractivity contribution in [1.29, 1.82) is 0 Å². The molecule has 96 valence electrons. The minimum Gasteiger partial charge on any atom is -0.444 e. The molecule has 0 bridgehead atoms. The van der Waals surface area contributed by atoms with Crippen LogP contribution in [0.1, 0.15) is 16.2 Å². The van der Waals surface area contributed by atoms with E-state index in [9.17, 15) is 4.79 Å². The Bertz CT molecular complexity index is 758. The summed E-state index contributed by atoms with van der Waals surface area (Å²) in [6.45, 7) is 2.00. The highest BCUT2D eigenvalue weighted by Gasteiger charge is 2.11. The Morgan fingerprint density at radius 3 is 2.84 bits per heavy atom. The number of fused-ring (bicyclic) bond motifs is 1. The van der Waals surface area contributed by atoms with E-state index in [1.807, 2.05) is 31.2 Å². The van der Waals surface area contributed by atoms with E-state index >= 15 is 0 Å². The standard InChI is InChI=1S/C14H11BrN2O2/c1-8-6-9-7-10(2-3-11(9)16-8)17-14(18)12-4-5-13(15)19-12/h2-7,16H,1H3,(H,17,18). The second-order valence-corrected chi connectivity index (χ2v) is 5.09. The van der Waals surface area contributed by atoms with Gasteiger partial charge in [0.1, 0.15) is 0 Å². The third-order valence-electron chi connectivity index (χ3n) is 2.81. The normalized spacial score (nSPS) is 10.8. The summed E-state index contributed by atoms with van der Waals surface area (Å²) in [7, 11) is 0. The lowest BCUT2D eigenvalue weighted by Gasteiger charge is -2.03. The SMILES string of the molecule is Cc1cc2cc(NC(=O)c3ccc(Br)o3)ccc2[nH]1. The molecule has 2 heterocycles. The first-order valence-corrected chi connectivity index (χ1v) is 6.57. The Morgan fingerprint density at radius 1 is 1.26 bits per heavy atom. The number of hydrogen-bond donors (Lipinski definition) is 2. The fourth-order valence-corrected chi connectivity index (χ4v) is 2.29. The summed E-state index contributed by atoms with van der Waals surface area (Å²) in [5.41, 5.74) is 2.88. The third kappa shape index (κ3) is 2.42. The van der Waals surface area contributed by atoms with Crippen molar-refractivity contribution in [2.45, 2.75) is 6.92 Å². The lowest BCUT2D eigenvalue weighted by molar-refractivity contribution is 0.0995. The molecule has 0 unspecified atom stereocenters.